The highest BCUT2D eigenvalue weighted by atomic mass is 32.2. The molecule has 0 aromatic heterocycles. The Morgan fingerprint density at radius 1 is 1.00 bits per heavy atom. The first kappa shape index (κ1) is 19.2. The SMILES string of the molecule is COc1ccccc1S(=O)(=O)NCc1ccc(-c2ccc3c(c2)C(=O)OC3)cc1. The second-order valence-corrected chi connectivity index (χ2v) is 8.36. The number of carbonyl (C=O) groups is 1. The fourth-order valence-electron chi connectivity index (χ4n) is 3.20. The van der Waals surface area contributed by atoms with Crippen molar-refractivity contribution in [3.8, 4) is 16.9 Å². The summed E-state index contributed by atoms with van der Waals surface area (Å²) in [4.78, 5) is 11.8. The van der Waals surface area contributed by atoms with E-state index in [2.05, 4.69) is 4.72 Å². The molecule has 1 N–H and O–H groups in total. The molecule has 0 saturated carbocycles. The number of fused-ring (bicyclic) bond motifs is 1. The van der Waals surface area contributed by atoms with Crippen LogP contribution in [0.3, 0.4) is 0 Å². The predicted molar refractivity (Wildman–Crippen MR) is 108 cm³/mol. The number of para-hydroxylation sites is 1. The lowest BCUT2D eigenvalue weighted by Crippen LogP contribution is -2.23. The minimum absolute atomic E-state index is 0.101. The van der Waals surface area contributed by atoms with Gasteiger partial charge < -0.3 is 9.47 Å². The first-order chi connectivity index (χ1) is 14.0. The standard InChI is InChI=1S/C22H19NO5S/c1-27-20-4-2-3-5-21(20)29(25,26)23-13-15-6-8-16(9-7-15)17-10-11-18-14-28-22(24)19(18)12-17/h2-12,23H,13-14H2,1H3. The van der Waals surface area contributed by atoms with Crippen molar-refractivity contribution in [2.75, 3.05) is 7.11 Å². The summed E-state index contributed by atoms with van der Waals surface area (Å²) < 4.78 is 37.9. The Bertz CT molecular complexity index is 1170. The summed E-state index contributed by atoms with van der Waals surface area (Å²) in [5.74, 6) is -0.00491. The van der Waals surface area contributed by atoms with Crippen LogP contribution in [-0.4, -0.2) is 21.5 Å². The first-order valence-corrected chi connectivity index (χ1v) is 10.5. The van der Waals surface area contributed by atoms with Gasteiger partial charge in [0.05, 0.1) is 12.7 Å². The number of sulfonamides is 1. The van der Waals surface area contributed by atoms with Gasteiger partial charge in [-0.15, -0.1) is 0 Å². The minimum Gasteiger partial charge on any atom is -0.495 e. The van der Waals surface area contributed by atoms with Gasteiger partial charge in [-0.3, -0.25) is 0 Å². The molecule has 0 radical (unpaired) electrons. The van der Waals surface area contributed by atoms with Crippen LogP contribution in [0.25, 0.3) is 11.1 Å². The average Bonchev–Trinajstić information content (AvgIpc) is 3.13. The van der Waals surface area contributed by atoms with E-state index in [1.165, 1.54) is 13.2 Å². The second kappa shape index (κ2) is 7.69. The maximum absolute atomic E-state index is 12.6. The van der Waals surface area contributed by atoms with E-state index in [0.29, 0.717) is 17.9 Å². The molecule has 6 nitrogen and oxygen atoms in total. The van der Waals surface area contributed by atoms with Crippen LogP contribution in [0.5, 0.6) is 5.75 Å². The number of esters is 1. The summed E-state index contributed by atoms with van der Waals surface area (Å²) in [6.07, 6.45) is 0. The number of rotatable bonds is 6. The third-order valence-corrected chi connectivity index (χ3v) is 6.24. The van der Waals surface area contributed by atoms with Gasteiger partial charge >= 0.3 is 5.97 Å². The number of nitrogens with one attached hydrogen (secondary N) is 1. The maximum Gasteiger partial charge on any atom is 0.338 e. The number of hydrogen-bond donors (Lipinski definition) is 1. The summed E-state index contributed by atoms with van der Waals surface area (Å²) in [6, 6.07) is 19.6. The monoisotopic (exact) mass is 409 g/mol. The molecule has 0 fully saturated rings. The van der Waals surface area contributed by atoms with E-state index >= 15 is 0 Å². The van der Waals surface area contributed by atoms with Crippen molar-refractivity contribution in [3.63, 3.8) is 0 Å². The summed E-state index contributed by atoms with van der Waals surface area (Å²) in [7, 11) is -2.27. The predicted octanol–water partition coefficient (Wildman–Crippen LogP) is 3.51. The van der Waals surface area contributed by atoms with Crippen molar-refractivity contribution in [2.24, 2.45) is 0 Å². The van der Waals surface area contributed by atoms with Crippen LogP contribution >= 0.6 is 0 Å². The van der Waals surface area contributed by atoms with Crippen molar-refractivity contribution >= 4 is 16.0 Å². The van der Waals surface area contributed by atoms with E-state index in [4.69, 9.17) is 9.47 Å². The third kappa shape index (κ3) is 3.87. The Labute approximate surface area is 169 Å². The van der Waals surface area contributed by atoms with Crippen molar-refractivity contribution < 1.29 is 22.7 Å². The quantitative estimate of drug-likeness (QED) is 0.630. The zero-order valence-electron chi connectivity index (χ0n) is 15.7. The lowest BCUT2D eigenvalue weighted by Gasteiger charge is -2.11. The van der Waals surface area contributed by atoms with Gasteiger partial charge in [-0.1, -0.05) is 48.5 Å². The number of cyclic esters (lactones) is 1. The number of ether oxygens (including phenoxy) is 2. The van der Waals surface area contributed by atoms with Crippen LogP contribution in [0.1, 0.15) is 21.5 Å². The van der Waals surface area contributed by atoms with Gasteiger partial charge in [0.15, 0.2) is 0 Å². The molecule has 29 heavy (non-hydrogen) atoms. The van der Waals surface area contributed by atoms with Crippen molar-refractivity contribution in [2.45, 2.75) is 18.0 Å². The molecule has 0 spiro atoms. The molecular weight excluding hydrogens is 390 g/mol. The molecule has 0 bridgehead atoms. The summed E-state index contributed by atoms with van der Waals surface area (Å²) in [5.41, 5.74) is 4.14. The van der Waals surface area contributed by atoms with Crippen LogP contribution in [-0.2, 0) is 27.9 Å². The van der Waals surface area contributed by atoms with Gasteiger partial charge in [0.25, 0.3) is 0 Å². The fraction of sp³-hybridized carbons (Fsp3) is 0.136. The third-order valence-electron chi connectivity index (χ3n) is 4.80. The maximum atomic E-state index is 12.6. The number of carbonyl (C=O) groups excluding carboxylic acids is 1. The van der Waals surface area contributed by atoms with E-state index in [0.717, 1.165) is 22.3 Å². The Morgan fingerprint density at radius 2 is 1.72 bits per heavy atom. The highest BCUT2D eigenvalue weighted by molar-refractivity contribution is 7.89. The van der Waals surface area contributed by atoms with Gasteiger partial charge in [0, 0.05) is 12.1 Å². The molecule has 3 aromatic rings. The normalized spacial score (nSPS) is 13.1. The molecule has 0 atom stereocenters. The van der Waals surface area contributed by atoms with Crippen molar-refractivity contribution in [1.82, 2.24) is 4.72 Å². The molecule has 1 aliphatic heterocycles. The Balaban J connectivity index is 1.49. The number of hydrogen-bond acceptors (Lipinski definition) is 5. The van der Waals surface area contributed by atoms with E-state index in [1.807, 2.05) is 42.5 Å². The lowest BCUT2D eigenvalue weighted by atomic mass is 9.99. The van der Waals surface area contributed by atoms with Crippen molar-refractivity contribution in [1.29, 1.82) is 0 Å². The van der Waals surface area contributed by atoms with Gasteiger partial charge in [0.1, 0.15) is 17.3 Å². The Hall–Kier alpha value is -3.16. The van der Waals surface area contributed by atoms with Crippen molar-refractivity contribution in [3.05, 3.63) is 83.4 Å². The van der Waals surface area contributed by atoms with Gasteiger partial charge in [0.2, 0.25) is 10.0 Å². The fourth-order valence-corrected chi connectivity index (χ4v) is 4.39. The molecule has 0 saturated heterocycles. The molecule has 1 heterocycles. The number of benzene rings is 3. The molecule has 0 amide bonds. The summed E-state index contributed by atoms with van der Waals surface area (Å²) in [6.45, 7) is 0.469. The van der Waals surface area contributed by atoms with Gasteiger partial charge in [-0.05, 0) is 34.9 Å². The highest BCUT2D eigenvalue weighted by Crippen LogP contribution is 2.27. The van der Waals surface area contributed by atoms with Crippen LogP contribution in [0.4, 0.5) is 0 Å². The highest BCUT2D eigenvalue weighted by Gasteiger charge is 2.21. The smallest absolute Gasteiger partial charge is 0.338 e. The lowest BCUT2D eigenvalue weighted by molar-refractivity contribution is 0.0535. The molecule has 0 aliphatic carbocycles. The molecule has 7 heteroatoms. The molecule has 0 unspecified atom stereocenters. The van der Waals surface area contributed by atoms with Gasteiger partial charge in [-0.25, -0.2) is 17.9 Å². The first-order valence-electron chi connectivity index (χ1n) is 9.00. The van der Waals surface area contributed by atoms with E-state index in [1.54, 1.807) is 18.2 Å². The van der Waals surface area contributed by atoms with Crippen LogP contribution < -0.4 is 9.46 Å². The zero-order chi connectivity index (χ0) is 20.4. The van der Waals surface area contributed by atoms with Crippen LogP contribution in [0, 0.1) is 0 Å². The average molecular weight is 409 g/mol. The minimum atomic E-state index is -3.70. The van der Waals surface area contributed by atoms with Crippen LogP contribution in [0.15, 0.2) is 71.6 Å². The zero-order valence-corrected chi connectivity index (χ0v) is 16.5. The largest absolute Gasteiger partial charge is 0.495 e. The summed E-state index contributed by atoms with van der Waals surface area (Å²) >= 11 is 0. The molecule has 3 aromatic carbocycles. The van der Waals surface area contributed by atoms with E-state index < -0.39 is 10.0 Å². The summed E-state index contributed by atoms with van der Waals surface area (Å²) in [5, 5.41) is 0. The Morgan fingerprint density at radius 3 is 2.48 bits per heavy atom. The molecular formula is C22H19NO5S. The number of methoxy groups -OCH3 is 1. The van der Waals surface area contributed by atoms with Gasteiger partial charge in [-0.2, -0.15) is 0 Å². The van der Waals surface area contributed by atoms with E-state index in [-0.39, 0.29) is 17.4 Å². The Kier molecular flexibility index (Phi) is 5.08. The molecule has 4 rings (SSSR count). The topological polar surface area (TPSA) is 81.7 Å². The molecule has 148 valence electrons. The second-order valence-electron chi connectivity index (χ2n) is 6.62. The molecule has 1 aliphatic rings. The van der Waals surface area contributed by atoms with Crippen LogP contribution in [0.2, 0.25) is 0 Å². The van der Waals surface area contributed by atoms with E-state index in [9.17, 15) is 13.2 Å².